The van der Waals surface area contributed by atoms with Gasteiger partial charge in [-0.05, 0) is 25.7 Å². The molecular weight excluding hydrogens is 238 g/mol. The fourth-order valence-corrected chi connectivity index (χ4v) is 2.35. The molecule has 1 saturated carbocycles. The molecule has 6 nitrogen and oxygen atoms in total. The fourth-order valence-electron chi connectivity index (χ4n) is 2.35. The van der Waals surface area contributed by atoms with Crippen molar-refractivity contribution < 1.29 is 23.9 Å². The molecule has 0 heterocycles. The van der Waals surface area contributed by atoms with Crippen LogP contribution in [-0.4, -0.2) is 36.6 Å². The van der Waals surface area contributed by atoms with Gasteiger partial charge in [-0.25, -0.2) is 4.79 Å². The number of rotatable bonds is 3. The maximum atomic E-state index is 11.8. The summed E-state index contributed by atoms with van der Waals surface area (Å²) in [5.74, 6) is -1.05. The van der Waals surface area contributed by atoms with Crippen molar-refractivity contribution in [2.45, 2.75) is 51.2 Å². The minimum atomic E-state index is -0.975. The molecule has 0 saturated heterocycles. The van der Waals surface area contributed by atoms with E-state index in [1.807, 2.05) is 0 Å². The van der Waals surface area contributed by atoms with Gasteiger partial charge in [0.2, 0.25) is 5.91 Å². The second-order valence-electron chi connectivity index (χ2n) is 4.56. The van der Waals surface area contributed by atoms with Gasteiger partial charge in [-0.15, -0.1) is 0 Å². The number of hydrogen-bond donors (Lipinski definition) is 1. The van der Waals surface area contributed by atoms with E-state index >= 15 is 0 Å². The summed E-state index contributed by atoms with van der Waals surface area (Å²) >= 11 is 0. The van der Waals surface area contributed by atoms with E-state index < -0.39 is 11.5 Å². The molecule has 1 aliphatic carbocycles. The summed E-state index contributed by atoms with van der Waals surface area (Å²) < 4.78 is 9.85. The first-order valence-electron chi connectivity index (χ1n) is 5.94. The Hall–Kier alpha value is -1.59. The molecule has 0 aromatic heterocycles. The van der Waals surface area contributed by atoms with Crippen LogP contribution in [0.1, 0.15) is 39.5 Å². The lowest BCUT2D eigenvalue weighted by Crippen LogP contribution is -2.57. The standard InChI is InChI=1S/C12H19NO5/c1-8(14)13-12(11(16)17-3)6-4-10(5-7-12)18-9(2)15/h10H,4-7H2,1-3H3,(H,13,14). The molecule has 0 radical (unpaired) electrons. The van der Waals surface area contributed by atoms with Crippen LogP contribution in [0.5, 0.6) is 0 Å². The highest BCUT2D eigenvalue weighted by Gasteiger charge is 2.44. The molecule has 0 atom stereocenters. The molecule has 1 fully saturated rings. The van der Waals surface area contributed by atoms with Gasteiger partial charge in [-0.2, -0.15) is 0 Å². The number of methoxy groups -OCH3 is 1. The summed E-state index contributed by atoms with van der Waals surface area (Å²) in [6.45, 7) is 2.72. The van der Waals surface area contributed by atoms with Crippen molar-refractivity contribution in [1.82, 2.24) is 5.32 Å². The van der Waals surface area contributed by atoms with Crippen LogP contribution in [-0.2, 0) is 23.9 Å². The molecule has 0 bridgehead atoms. The molecule has 1 aliphatic rings. The van der Waals surface area contributed by atoms with E-state index in [0.717, 1.165) is 0 Å². The van der Waals surface area contributed by atoms with E-state index in [1.54, 1.807) is 0 Å². The Bertz CT molecular complexity index is 344. The van der Waals surface area contributed by atoms with Crippen LogP contribution in [0.2, 0.25) is 0 Å². The van der Waals surface area contributed by atoms with Gasteiger partial charge in [0.25, 0.3) is 0 Å². The Morgan fingerprint density at radius 3 is 2.11 bits per heavy atom. The van der Waals surface area contributed by atoms with Crippen molar-refractivity contribution in [1.29, 1.82) is 0 Å². The van der Waals surface area contributed by atoms with E-state index in [-0.39, 0.29) is 18.0 Å². The SMILES string of the molecule is COC(=O)C1(NC(C)=O)CCC(OC(C)=O)CC1. The summed E-state index contributed by atoms with van der Waals surface area (Å²) in [6.07, 6.45) is 1.72. The third-order valence-electron chi connectivity index (χ3n) is 3.11. The Morgan fingerprint density at radius 2 is 1.72 bits per heavy atom. The summed E-state index contributed by atoms with van der Waals surface area (Å²) in [7, 11) is 1.30. The number of hydrogen-bond acceptors (Lipinski definition) is 5. The number of carbonyl (C=O) groups is 3. The van der Waals surface area contributed by atoms with Crippen LogP contribution < -0.4 is 5.32 Å². The van der Waals surface area contributed by atoms with Crippen molar-refractivity contribution in [3.8, 4) is 0 Å². The first kappa shape index (κ1) is 14.5. The van der Waals surface area contributed by atoms with Crippen LogP contribution in [0, 0.1) is 0 Å². The summed E-state index contributed by atoms with van der Waals surface area (Å²) in [4.78, 5) is 33.9. The molecule has 6 heteroatoms. The quantitative estimate of drug-likeness (QED) is 0.746. The largest absolute Gasteiger partial charge is 0.467 e. The molecule has 1 rings (SSSR count). The first-order valence-corrected chi connectivity index (χ1v) is 5.94. The van der Waals surface area contributed by atoms with Crippen LogP contribution in [0.4, 0.5) is 0 Å². The van der Waals surface area contributed by atoms with Gasteiger partial charge in [0.15, 0.2) is 0 Å². The van der Waals surface area contributed by atoms with Crippen LogP contribution >= 0.6 is 0 Å². The minimum absolute atomic E-state index is 0.186. The summed E-state index contributed by atoms with van der Waals surface area (Å²) in [6, 6.07) is 0. The number of carbonyl (C=O) groups excluding carboxylic acids is 3. The summed E-state index contributed by atoms with van der Waals surface area (Å²) in [5, 5.41) is 2.67. The van der Waals surface area contributed by atoms with Gasteiger partial charge < -0.3 is 14.8 Å². The molecule has 102 valence electrons. The maximum Gasteiger partial charge on any atom is 0.331 e. The molecule has 0 unspecified atom stereocenters. The van der Waals surface area contributed by atoms with Gasteiger partial charge in [-0.1, -0.05) is 0 Å². The van der Waals surface area contributed by atoms with E-state index in [2.05, 4.69) is 5.32 Å². The lowest BCUT2D eigenvalue weighted by molar-refractivity contribution is -0.156. The average molecular weight is 257 g/mol. The topological polar surface area (TPSA) is 81.7 Å². The second-order valence-corrected chi connectivity index (χ2v) is 4.56. The highest BCUT2D eigenvalue weighted by molar-refractivity contribution is 5.87. The average Bonchev–Trinajstić information content (AvgIpc) is 2.29. The van der Waals surface area contributed by atoms with Crippen molar-refractivity contribution in [3.05, 3.63) is 0 Å². The van der Waals surface area contributed by atoms with E-state index in [9.17, 15) is 14.4 Å². The van der Waals surface area contributed by atoms with Crippen molar-refractivity contribution in [2.75, 3.05) is 7.11 Å². The highest BCUT2D eigenvalue weighted by Crippen LogP contribution is 2.31. The van der Waals surface area contributed by atoms with Crippen molar-refractivity contribution in [3.63, 3.8) is 0 Å². The monoisotopic (exact) mass is 257 g/mol. The van der Waals surface area contributed by atoms with E-state index in [0.29, 0.717) is 25.7 Å². The zero-order valence-electron chi connectivity index (χ0n) is 10.9. The smallest absolute Gasteiger partial charge is 0.331 e. The number of amides is 1. The predicted molar refractivity (Wildman–Crippen MR) is 62.6 cm³/mol. The zero-order valence-corrected chi connectivity index (χ0v) is 10.9. The lowest BCUT2D eigenvalue weighted by Gasteiger charge is -2.37. The molecule has 1 amide bonds. The van der Waals surface area contributed by atoms with Gasteiger partial charge in [0.1, 0.15) is 11.6 Å². The van der Waals surface area contributed by atoms with E-state index in [4.69, 9.17) is 9.47 Å². The fraction of sp³-hybridized carbons (Fsp3) is 0.750. The number of nitrogens with one attached hydrogen (secondary N) is 1. The minimum Gasteiger partial charge on any atom is -0.467 e. The van der Waals surface area contributed by atoms with E-state index in [1.165, 1.54) is 21.0 Å². The predicted octanol–water partition coefficient (Wildman–Crippen LogP) is 0.540. The molecule has 0 aliphatic heterocycles. The molecule has 1 N–H and O–H groups in total. The summed E-state index contributed by atoms with van der Waals surface area (Å²) in [5.41, 5.74) is -0.975. The Kier molecular flexibility index (Phi) is 4.69. The van der Waals surface area contributed by atoms with Crippen molar-refractivity contribution in [2.24, 2.45) is 0 Å². The van der Waals surface area contributed by atoms with Crippen LogP contribution in [0.3, 0.4) is 0 Å². The normalized spacial score (nSPS) is 27.2. The Balaban J connectivity index is 2.70. The lowest BCUT2D eigenvalue weighted by atomic mass is 9.80. The second kappa shape index (κ2) is 5.84. The van der Waals surface area contributed by atoms with Crippen molar-refractivity contribution >= 4 is 17.8 Å². The zero-order chi connectivity index (χ0) is 13.8. The Labute approximate surface area is 106 Å². The van der Waals surface area contributed by atoms with Gasteiger partial charge in [-0.3, -0.25) is 9.59 Å². The first-order chi connectivity index (χ1) is 8.39. The van der Waals surface area contributed by atoms with Gasteiger partial charge in [0, 0.05) is 13.8 Å². The molecular formula is C12H19NO5. The third kappa shape index (κ3) is 3.45. The highest BCUT2D eigenvalue weighted by atomic mass is 16.5. The number of esters is 2. The Morgan fingerprint density at radius 1 is 1.17 bits per heavy atom. The molecule has 0 spiro atoms. The maximum absolute atomic E-state index is 11.8. The number of ether oxygens (including phenoxy) is 2. The third-order valence-corrected chi connectivity index (χ3v) is 3.11. The molecule has 0 aromatic carbocycles. The van der Waals surface area contributed by atoms with Crippen LogP contribution in [0.25, 0.3) is 0 Å². The molecule has 0 aromatic rings. The van der Waals surface area contributed by atoms with Gasteiger partial charge >= 0.3 is 11.9 Å². The molecule has 18 heavy (non-hydrogen) atoms. The van der Waals surface area contributed by atoms with Gasteiger partial charge in [0.05, 0.1) is 7.11 Å². The van der Waals surface area contributed by atoms with Crippen LogP contribution in [0.15, 0.2) is 0 Å².